The van der Waals surface area contributed by atoms with Gasteiger partial charge in [0.1, 0.15) is 35.6 Å². The highest BCUT2D eigenvalue weighted by atomic mass is 16.9. The Bertz CT molecular complexity index is 1900. The molecule has 3 spiro atoms. The normalized spacial score (nSPS) is 51.0. The fourth-order valence-electron chi connectivity index (χ4n) is 13.3. The van der Waals surface area contributed by atoms with Crippen molar-refractivity contribution in [1.29, 1.82) is 0 Å². The van der Waals surface area contributed by atoms with E-state index in [1.807, 2.05) is 13.8 Å². The molecule has 1 aromatic heterocycles. The van der Waals surface area contributed by atoms with Crippen LogP contribution in [0.15, 0.2) is 23.0 Å². The molecule has 0 radical (unpaired) electrons. The molecule has 4 aliphatic carbocycles. The van der Waals surface area contributed by atoms with Crippen LogP contribution in [0.25, 0.3) is 0 Å². The van der Waals surface area contributed by atoms with Gasteiger partial charge in [-0.1, -0.05) is 20.8 Å². The third kappa shape index (κ3) is 3.93. The van der Waals surface area contributed by atoms with Gasteiger partial charge in [0.05, 0.1) is 37.6 Å². The Morgan fingerprint density at radius 1 is 1.00 bits per heavy atom. The third-order valence-electron chi connectivity index (χ3n) is 15.4. The van der Waals surface area contributed by atoms with Crippen molar-refractivity contribution in [2.75, 3.05) is 13.7 Å². The molecule has 5 unspecified atom stereocenters. The zero-order chi connectivity index (χ0) is 39.6. The lowest BCUT2D eigenvalue weighted by atomic mass is 9.33. The van der Waals surface area contributed by atoms with E-state index in [1.165, 1.54) is 26.6 Å². The summed E-state index contributed by atoms with van der Waals surface area (Å²) in [6.45, 7) is 11.2. The van der Waals surface area contributed by atoms with Gasteiger partial charge in [0.15, 0.2) is 17.3 Å². The van der Waals surface area contributed by atoms with E-state index in [1.54, 1.807) is 33.8 Å². The van der Waals surface area contributed by atoms with Crippen molar-refractivity contribution in [3.05, 3.63) is 24.2 Å². The van der Waals surface area contributed by atoms with Gasteiger partial charge in [-0.2, -0.15) is 0 Å². The Hall–Kier alpha value is -3.57. The summed E-state index contributed by atoms with van der Waals surface area (Å²) >= 11 is 0. The molecule has 5 heterocycles. The predicted octanol–water partition coefficient (Wildman–Crippen LogP) is 2.96. The summed E-state index contributed by atoms with van der Waals surface area (Å²) in [6.07, 6.45) is -2.12. The topological polar surface area (TPSA) is 205 Å². The second-order valence-electron chi connectivity index (χ2n) is 17.8. The van der Waals surface area contributed by atoms with Gasteiger partial charge >= 0.3 is 29.8 Å². The maximum absolute atomic E-state index is 14.1. The summed E-state index contributed by atoms with van der Waals surface area (Å²) in [5.74, 6) is -7.04. The van der Waals surface area contributed by atoms with Crippen molar-refractivity contribution in [1.82, 2.24) is 0 Å². The number of hydrogen-bond donors (Lipinski definition) is 1. The first kappa shape index (κ1) is 37.0. The minimum atomic E-state index is -2.40. The van der Waals surface area contributed by atoms with Crippen molar-refractivity contribution in [2.45, 2.75) is 145 Å². The van der Waals surface area contributed by atoms with Gasteiger partial charge in [-0.3, -0.25) is 19.2 Å². The fourth-order valence-corrected chi connectivity index (χ4v) is 13.3. The molecule has 1 aromatic rings. The lowest BCUT2D eigenvalue weighted by Gasteiger charge is -2.77. The highest BCUT2D eigenvalue weighted by Crippen LogP contribution is 2.90. The van der Waals surface area contributed by atoms with E-state index in [2.05, 4.69) is 0 Å². The number of hydrogen-bond acceptors (Lipinski definition) is 16. The standard InChI is InChI=1S/C39H48O16/c1-9-24(41)50-29-38(45)28(51-30(44)33(6)19(2)52-33)32(5)17-37(38)35(18-48-26(43)14-22(32)35)36-12-11-31(4,27(49-20(3)40)21-10-13-47-16-21)23(15-25(42)46-8)39(29,36)55-34(7,53-36)54-37/h10,13,16,19,22-23,27-29,45H,9,11-12,14-15,17-18H2,1-8H3/t19-,22+,23-,27-,28?,29?,31+,32-,33+,34?,35+,36+,37?,38?,39+/m1/s1. The van der Waals surface area contributed by atoms with Crippen LogP contribution in [0, 0.1) is 28.1 Å². The summed E-state index contributed by atoms with van der Waals surface area (Å²) in [7, 11) is 1.24. The summed E-state index contributed by atoms with van der Waals surface area (Å²) in [4.78, 5) is 68.2. The van der Waals surface area contributed by atoms with Crippen LogP contribution < -0.4 is 0 Å². The number of fused-ring (bicyclic) bond motifs is 3. The molecule has 4 saturated heterocycles. The molecule has 8 fully saturated rings. The van der Waals surface area contributed by atoms with E-state index in [4.69, 9.17) is 47.0 Å². The average Bonchev–Trinajstić information content (AvgIpc) is 3.47. The maximum atomic E-state index is 14.1. The number of carbonyl (C=O) groups excluding carboxylic acids is 5. The maximum Gasteiger partial charge on any atom is 0.341 e. The SMILES string of the molecule is CCC(=O)OC1C2(O)C(OC(=O)[C@@]3(C)O[C@@H]3C)[C@]3(C)CC24OC2(C)O[C@@]5(CC[C@](C)([C@H](OC(C)=O)c6ccoc6)[C@@H](CC(=O)OC)[C@]15O2)[C@@]41COC(=O)C[C@@H]31. The van der Waals surface area contributed by atoms with Gasteiger partial charge < -0.3 is 52.2 Å². The first-order valence-electron chi connectivity index (χ1n) is 19.1. The lowest BCUT2D eigenvalue weighted by Crippen LogP contribution is -2.95. The van der Waals surface area contributed by atoms with Gasteiger partial charge in [0.25, 0.3) is 5.97 Å². The number of aliphatic hydroxyl groups is 1. The Balaban J connectivity index is 1.36. The van der Waals surface area contributed by atoms with Crippen LogP contribution in [0.1, 0.15) is 98.7 Å². The molecule has 4 saturated carbocycles. The number of carbonyl (C=O) groups is 5. The van der Waals surface area contributed by atoms with Crippen LogP contribution in [0.2, 0.25) is 0 Å². The van der Waals surface area contributed by atoms with Crippen molar-refractivity contribution < 1.29 is 76.1 Å². The van der Waals surface area contributed by atoms with Crippen LogP contribution in [0.4, 0.5) is 0 Å². The number of methoxy groups -OCH3 is 1. The van der Waals surface area contributed by atoms with E-state index in [-0.39, 0.29) is 38.7 Å². The van der Waals surface area contributed by atoms with Gasteiger partial charge in [0.2, 0.25) is 0 Å². The Morgan fingerprint density at radius 2 is 1.71 bits per heavy atom. The van der Waals surface area contributed by atoms with E-state index >= 15 is 0 Å². The molecule has 8 aliphatic rings. The molecular weight excluding hydrogens is 724 g/mol. The largest absolute Gasteiger partial charge is 0.472 e. The summed E-state index contributed by atoms with van der Waals surface area (Å²) in [5, 5.41) is 14.1. The van der Waals surface area contributed by atoms with Crippen LogP contribution in [-0.2, 0) is 66.6 Å². The molecule has 15 atom stereocenters. The number of rotatable bonds is 9. The third-order valence-corrected chi connectivity index (χ3v) is 15.4. The summed E-state index contributed by atoms with van der Waals surface area (Å²) < 4.78 is 63.0. The van der Waals surface area contributed by atoms with E-state index in [9.17, 15) is 29.1 Å². The first-order valence-corrected chi connectivity index (χ1v) is 19.1. The van der Waals surface area contributed by atoms with Crippen LogP contribution >= 0.6 is 0 Å². The van der Waals surface area contributed by atoms with Gasteiger partial charge in [-0.05, 0) is 45.1 Å². The van der Waals surface area contributed by atoms with Crippen molar-refractivity contribution >= 4 is 29.8 Å². The van der Waals surface area contributed by atoms with Gasteiger partial charge in [-0.25, -0.2) is 4.79 Å². The first-order chi connectivity index (χ1) is 25.7. The van der Waals surface area contributed by atoms with Crippen LogP contribution in [-0.4, -0.2) is 101 Å². The Kier molecular flexibility index (Phi) is 7.32. The zero-order valence-electron chi connectivity index (χ0n) is 32.2. The smallest absolute Gasteiger partial charge is 0.341 e. The summed E-state index contributed by atoms with van der Waals surface area (Å²) in [5.41, 5.74) is -12.4. The van der Waals surface area contributed by atoms with Crippen molar-refractivity contribution in [3.8, 4) is 0 Å². The van der Waals surface area contributed by atoms with E-state index in [0.29, 0.717) is 5.56 Å². The van der Waals surface area contributed by atoms with E-state index in [0.717, 1.165) is 0 Å². The molecule has 4 aliphatic heterocycles. The molecule has 4 bridgehead atoms. The molecule has 9 rings (SSSR count). The second-order valence-corrected chi connectivity index (χ2v) is 17.8. The number of furan rings is 1. The number of epoxide rings is 1. The number of cyclic esters (lactones) is 1. The van der Waals surface area contributed by atoms with E-state index < -0.39 is 123 Å². The molecule has 300 valence electrons. The second kappa shape index (κ2) is 10.9. The lowest BCUT2D eigenvalue weighted by molar-refractivity contribution is -0.486. The predicted molar refractivity (Wildman–Crippen MR) is 179 cm³/mol. The fraction of sp³-hybridized carbons (Fsp3) is 0.769. The molecule has 0 amide bonds. The molecule has 0 aromatic carbocycles. The van der Waals surface area contributed by atoms with Crippen molar-refractivity contribution in [3.63, 3.8) is 0 Å². The number of ether oxygens (including phenoxy) is 9. The highest BCUT2D eigenvalue weighted by molar-refractivity contribution is 5.83. The van der Waals surface area contributed by atoms with Gasteiger partial charge in [-0.15, -0.1) is 0 Å². The molecule has 1 N–H and O–H groups in total. The van der Waals surface area contributed by atoms with Crippen molar-refractivity contribution in [2.24, 2.45) is 28.1 Å². The molecule has 16 nitrogen and oxygen atoms in total. The van der Waals surface area contributed by atoms with Crippen LogP contribution in [0.3, 0.4) is 0 Å². The minimum absolute atomic E-state index is 0.0488. The highest BCUT2D eigenvalue weighted by Gasteiger charge is 3.05. The Morgan fingerprint density at radius 3 is 2.33 bits per heavy atom. The molecule has 16 heteroatoms. The molecule has 55 heavy (non-hydrogen) atoms. The van der Waals surface area contributed by atoms with Crippen LogP contribution in [0.5, 0.6) is 0 Å². The monoisotopic (exact) mass is 772 g/mol. The molecular formula is C39H48O16. The number of esters is 5. The van der Waals surface area contributed by atoms with Gasteiger partial charge in [0, 0.05) is 49.0 Å². The summed E-state index contributed by atoms with van der Waals surface area (Å²) in [6, 6.07) is 1.65. The Labute approximate surface area is 317 Å². The zero-order valence-corrected chi connectivity index (χ0v) is 32.2. The average molecular weight is 773 g/mol. The quantitative estimate of drug-likeness (QED) is 0.218. The minimum Gasteiger partial charge on any atom is -0.472 e.